The summed E-state index contributed by atoms with van der Waals surface area (Å²) in [6, 6.07) is 8.63. The van der Waals surface area contributed by atoms with Gasteiger partial charge < -0.3 is 5.32 Å². The molecule has 0 saturated carbocycles. The smallest absolute Gasteiger partial charge is 0.0847 e. The molecule has 0 bridgehead atoms. The summed E-state index contributed by atoms with van der Waals surface area (Å²) in [5.74, 6) is 0. The molecule has 0 saturated heterocycles. The van der Waals surface area contributed by atoms with Gasteiger partial charge in [0.15, 0.2) is 0 Å². The zero-order chi connectivity index (χ0) is 14.0. The molecule has 0 aliphatic carbocycles. The molecule has 1 atom stereocenters. The van der Waals surface area contributed by atoms with Crippen LogP contribution in [0.5, 0.6) is 0 Å². The Kier molecular flexibility index (Phi) is 4.86. The van der Waals surface area contributed by atoms with Crippen LogP contribution < -0.4 is 5.32 Å². The summed E-state index contributed by atoms with van der Waals surface area (Å²) in [6.07, 6.45) is 0.826. The van der Waals surface area contributed by atoms with E-state index in [9.17, 15) is 0 Å². The topological polar surface area (TPSA) is 29.9 Å². The summed E-state index contributed by atoms with van der Waals surface area (Å²) < 4.78 is 3.13. The van der Waals surface area contributed by atoms with Crippen LogP contribution in [0, 0.1) is 10.5 Å². The van der Waals surface area contributed by atoms with Crippen molar-refractivity contribution in [3.63, 3.8) is 0 Å². The lowest BCUT2D eigenvalue weighted by Crippen LogP contribution is -2.21. The number of hydrogen-bond donors (Lipinski definition) is 1. The van der Waals surface area contributed by atoms with Crippen LogP contribution in [0.1, 0.15) is 23.0 Å². The number of hydrogen-bond acceptors (Lipinski definition) is 2. The molecule has 102 valence electrons. The Labute approximate surface area is 132 Å². The van der Waals surface area contributed by atoms with Gasteiger partial charge in [0.1, 0.15) is 0 Å². The molecule has 2 aromatic rings. The Bertz CT molecular complexity index is 580. The summed E-state index contributed by atoms with van der Waals surface area (Å²) in [5, 5.41) is 8.51. The highest BCUT2D eigenvalue weighted by atomic mass is 127. The lowest BCUT2D eigenvalue weighted by molar-refractivity contribution is 0.559. The highest BCUT2D eigenvalue weighted by Crippen LogP contribution is 2.27. The van der Waals surface area contributed by atoms with Gasteiger partial charge >= 0.3 is 0 Å². The van der Waals surface area contributed by atoms with Crippen LogP contribution >= 0.6 is 34.2 Å². The second-order valence-electron chi connectivity index (χ2n) is 4.54. The molecule has 3 nitrogen and oxygen atoms in total. The third-order valence-electron chi connectivity index (χ3n) is 3.29. The van der Waals surface area contributed by atoms with Crippen molar-refractivity contribution in [2.75, 3.05) is 7.05 Å². The monoisotopic (exact) mass is 389 g/mol. The number of halogens is 2. The molecular weight excluding hydrogens is 373 g/mol. The first-order chi connectivity index (χ1) is 9.04. The second-order valence-corrected chi connectivity index (χ2v) is 6.08. The van der Waals surface area contributed by atoms with Gasteiger partial charge in [0, 0.05) is 23.1 Å². The number of nitrogens with zero attached hydrogens (tertiary/aromatic N) is 2. The van der Waals surface area contributed by atoms with Crippen LogP contribution in [0.15, 0.2) is 24.3 Å². The van der Waals surface area contributed by atoms with E-state index in [0.29, 0.717) is 0 Å². The standard InChI is InChI=1S/C14H17ClIN3/c1-9-14(15)13(19(3)18-9)8-12(17-2)10-6-4-5-7-11(10)16/h4-7,12,17H,8H2,1-3H3. The normalized spacial score (nSPS) is 12.7. The largest absolute Gasteiger partial charge is 0.313 e. The molecule has 1 heterocycles. The van der Waals surface area contributed by atoms with Crippen LogP contribution in [0.25, 0.3) is 0 Å². The Balaban J connectivity index is 2.32. The number of benzene rings is 1. The van der Waals surface area contributed by atoms with Gasteiger partial charge in [-0.1, -0.05) is 29.8 Å². The average molecular weight is 390 g/mol. The highest BCUT2D eigenvalue weighted by Gasteiger charge is 2.18. The maximum atomic E-state index is 6.33. The van der Waals surface area contributed by atoms with Crippen LogP contribution in [-0.2, 0) is 13.5 Å². The predicted molar refractivity (Wildman–Crippen MR) is 87.6 cm³/mol. The molecule has 2 rings (SSSR count). The minimum atomic E-state index is 0.236. The molecule has 1 unspecified atom stereocenters. The van der Waals surface area contributed by atoms with Crippen LogP contribution in [0.2, 0.25) is 5.02 Å². The Hall–Kier alpha value is -0.590. The molecule has 19 heavy (non-hydrogen) atoms. The van der Waals surface area contributed by atoms with Crippen molar-refractivity contribution in [3.05, 3.63) is 49.8 Å². The van der Waals surface area contributed by atoms with E-state index in [1.165, 1.54) is 9.13 Å². The van der Waals surface area contributed by atoms with Crippen molar-refractivity contribution in [1.82, 2.24) is 15.1 Å². The van der Waals surface area contributed by atoms with E-state index in [4.69, 9.17) is 11.6 Å². The van der Waals surface area contributed by atoms with Crippen molar-refractivity contribution in [2.24, 2.45) is 7.05 Å². The predicted octanol–water partition coefficient (Wildman–Crippen LogP) is 3.49. The second kappa shape index (κ2) is 6.24. The quantitative estimate of drug-likeness (QED) is 0.811. The van der Waals surface area contributed by atoms with E-state index in [2.05, 4.69) is 57.3 Å². The number of nitrogens with one attached hydrogen (secondary N) is 1. The first-order valence-electron chi connectivity index (χ1n) is 6.14. The van der Waals surface area contributed by atoms with Crippen molar-refractivity contribution in [2.45, 2.75) is 19.4 Å². The van der Waals surface area contributed by atoms with E-state index in [1.54, 1.807) is 0 Å². The minimum absolute atomic E-state index is 0.236. The SMILES string of the molecule is CNC(Cc1c(Cl)c(C)nn1C)c1ccccc1I. The van der Waals surface area contributed by atoms with E-state index < -0.39 is 0 Å². The summed E-state index contributed by atoms with van der Waals surface area (Å²) in [6.45, 7) is 1.94. The zero-order valence-corrected chi connectivity index (χ0v) is 14.2. The lowest BCUT2D eigenvalue weighted by Gasteiger charge is -2.18. The highest BCUT2D eigenvalue weighted by molar-refractivity contribution is 14.1. The van der Waals surface area contributed by atoms with Gasteiger partial charge in [-0.05, 0) is 48.2 Å². The molecule has 0 aliphatic heterocycles. The molecule has 5 heteroatoms. The molecule has 0 radical (unpaired) electrons. The van der Waals surface area contributed by atoms with Crippen LogP contribution in [-0.4, -0.2) is 16.8 Å². The fraction of sp³-hybridized carbons (Fsp3) is 0.357. The maximum absolute atomic E-state index is 6.33. The molecule has 0 spiro atoms. The van der Waals surface area contributed by atoms with E-state index in [-0.39, 0.29) is 6.04 Å². The summed E-state index contributed by atoms with van der Waals surface area (Å²) in [4.78, 5) is 0. The fourth-order valence-corrected chi connectivity index (χ4v) is 3.22. The minimum Gasteiger partial charge on any atom is -0.313 e. The Morgan fingerprint density at radius 2 is 2.11 bits per heavy atom. The molecule has 1 aromatic carbocycles. The van der Waals surface area contributed by atoms with Crippen molar-refractivity contribution in [1.29, 1.82) is 0 Å². The third-order valence-corrected chi connectivity index (χ3v) is 4.76. The number of rotatable bonds is 4. The van der Waals surface area contributed by atoms with Gasteiger partial charge in [-0.2, -0.15) is 5.10 Å². The summed E-state index contributed by atoms with van der Waals surface area (Å²) in [5.41, 5.74) is 3.25. The number of aryl methyl sites for hydroxylation is 2. The maximum Gasteiger partial charge on any atom is 0.0847 e. The van der Waals surface area contributed by atoms with Crippen LogP contribution in [0.4, 0.5) is 0 Å². The summed E-state index contributed by atoms with van der Waals surface area (Å²) >= 11 is 8.70. The molecule has 0 amide bonds. The Morgan fingerprint density at radius 3 is 2.63 bits per heavy atom. The van der Waals surface area contributed by atoms with Gasteiger partial charge in [-0.15, -0.1) is 0 Å². The first-order valence-corrected chi connectivity index (χ1v) is 7.60. The first kappa shape index (κ1) is 14.8. The van der Waals surface area contributed by atoms with Crippen molar-refractivity contribution < 1.29 is 0 Å². The van der Waals surface area contributed by atoms with E-state index in [0.717, 1.165) is 22.8 Å². The number of aromatic nitrogens is 2. The van der Waals surface area contributed by atoms with E-state index in [1.807, 2.05) is 25.7 Å². The molecule has 1 N–H and O–H groups in total. The molecule has 0 fully saturated rings. The van der Waals surface area contributed by atoms with Gasteiger partial charge in [-0.25, -0.2) is 0 Å². The molecule has 0 aliphatic rings. The van der Waals surface area contributed by atoms with Gasteiger partial charge in [0.05, 0.1) is 16.4 Å². The van der Waals surface area contributed by atoms with Gasteiger partial charge in [-0.3, -0.25) is 4.68 Å². The fourth-order valence-electron chi connectivity index (χ4n) is 2.22. The Morgan fingerprint density at radius 1 is 1.42 bits per heavy atom. The molecular formula is C14H17ClIN3. The summed E-state index contributed by atoms with van der Waals surface area (Å²) in [7, 11) is 3.92. The third kappa shape index (κ3) is 3.12. The van der Waals surface area contributed by atoms with Crippen molar-refractivity contribution >= 4 is 34.2 Å². The molecule has 1 aromatic heterocycles. The average Bonchev–Trinajstić information content (AvgIpc) is 2.63. The van der Waals surface area contributed by atoms with Gasteiger partial charge in [0.25, 0.3) is 0 Å². The number of likely N-dealkylation sites (N-methyl/N-ethyl adjacent to an activating group) is 1. The van der Waals surface area contributed by atoms with Gasteiger partial charge in [0.2, 0.25) is 0 Å². The van der Waals surface area contributed by atoms with Crippen molar-refractivity contribution in [3.8, 4) is 0 Å². The van der Waals surface area contributed by atoms with Crippen LogP contribution in [0.3, 0.4) is 0 Å². The lowest BCUT2D eigenvalue weighted by atomic mass is 10.0. The zero-order valence-electron chi connectivity index (χ0n) is 11.2. The van der Waals surface area contributed by atoms with E-state index >= 15 is 0 Å².